The van der Waals surface area contributed by atoms with E-state index in [1.165, 1.54) is 12.3 Å². The third kappa shape index (κ3) is 4.01. The lowest BCUT2D eigenvalue weighted by Gasteiger charge is -2.15. The van der Waals surface area contributed by atoms with Crippen LogP contribution in [0.3, 0.4) is 0 Å². The molecule has 118 valence electrons. The number of ether oxygens (including phenoxy) is 1. The Hall–Kier alpha value is -1.01. The Morgan fingerprint density at radius 3 is 2.57 bits per heavy atom. The Labute approximate surface area is 129 Å². The summed E-state index contributed by atoms with van der Waals surface area (Å²) in [5.41, 5.74) is 0.266. The van der Waals surface area contributed by atoms with E-state index in [-0.39, 0.29) is 22.5 Å². The van der Waals surface area contributed by atoms with Crippen molar-refractivity contribution in [2.45, 2.75) is 50.5 Å². The first-order valence-corrected chi connectivity index (χ1v) is 9.43. The minimum absolute atomic E-state index is 0.0486. The molecule has 1 saturated carbocycles. The van der Waals surface area contributed by atoms with Gasteiger partial charge in [0.2, 0.25) is 0 Å². The molecule has 0 amide bonds. The van der Waals surface area contributed by atoms with E-state index in [1.807, 2.05) is 13.8 Å². The van der Waals surface area contributed by atoms with Gasteiger partial charge in [-0.1, -0.05) is 26.7 Å². The maximum Gasteiger partial charge on any atom is 0.355 e. The number of aromatic nitrogens is 1. The van der Waals surface area contributed by atoms with E-state index in [0.717, 1.165) is 25.7 Å². The van der Waals surface area contributed by atoms with Crippen LogP contribution in [0.2, 0.25) is 0 Å². The first-order valence-electron chi connectivity index (χ1n) is 7.12. The van der Waals surface area contributed by atoms with Gasteiger partial charge in [0.15, 0.2) is 0 Å². The van der Waals surface area contributed by atoms with Crippen LogP contribution in [-0.4, -0.2) is 25.6 Å². The van der Waals surface area contributed by atoms with Crippen molar-refractivity contribution in [1.82, 2.24) is 4.57 Å². The second kappa shape index (κ2) is 6.40. The summed E-state index contributed by atoms with van der Waals surface area (Å²) in [7, 11) is 1.53. The smallest absolute Gasteiger partial charge is 0.355 e. The molecule has 1 aromatic rings. The van der Waals surface area contributed by atoms with Crippen LogP contribution in [0.5, 0.6) is 0 Å². The molecule has 0 aromatic carbocycles. The standard InChI is InChI=1S/C14H20ClNO4S/c1-10(2)9-20-14(17)13-7-12(21(15,18)19)8-16(13)11-5-3-4-6-11/h7-8,10-11H,3-6,9H2,1-2H3. The highest BCUT2D eigenvalue weighted by molar-refractivity contribution is 8.13. The lowest BCUT2D eigenvalue weighted by molar-refractivity contribution is 0.0444. The van der Waals surface area contributed by atoms with Gasteiger partial charge in [0.1, 0.15) is 10.6 Å². The number of carbonyl (C=O) groups is 1. The van der Waals surface area contributed by atoms with Crippen LogP contribution in [0.25, 0.3) is 0 Å². The SMILES string of the molecule is CC(C)COC(=O)c1cc(S(=O)(=O)Cl)cn1C1CCCC1. The quantitative estimate of drug-likeness (QED) is 0.612. The highest BCUT2D eigenvalue weighted by Crippen LogP contribution is 2.33. The normalized spacial score (nSPS) is 16.6. The Bertz CT molecular complexity index is 615. The van der Waals surface area contributed by atoms with E-state index >= 15 is 0 Å². The van der Waals surface area contributed by atoms with Crippen molar-refractivity contribution in [1.29, 1.82) is 0 Å². The largest absolute Gasteiger partial charge is 0.461 e. The molecule has 0 aliphatic heterocycles. The van der Waals surface area contributed by atoms with E-state index in [9.17, 15) is 13.2 Å². The lowest BCUT2D eigenvalue weighted by Crippen LogP contribution is -2.16. The average Bonchev–Trinajstić information content (AvgIpc) is 3.02. The van der Waals surface area contributed by atoms with Gasteiger partial charge in [-0.15, -0.1) is 0 Å². The molecule has 2 rings (SSSR count). The second-order valence-corrected chi connectivity index (χ2v) is 8.40. The van der Waals surface area contributed by atoms with Crippen molar-refractivity contribution in [2.75, 3.05) is 6.61 Å². The van der Waals surface area contributed by atoms with Crippen LogP contribution in [0, 0.1) is 5.92 Å². The fourth-order valence-corrected chi connectivity index (χ4v) is 3.30. The number of nitrogens with zero attached hydrogens (tertiary/aromatic N) is 1. The van der Waals surface area contributed by atoms with E-state index in [1.54, 1.807) is 4.57 Å². The molecule has 7 heteroatoms. The van der Waals surface area contributed by atoms with Crippen LogP contribution >= 0.6 is 10.7 Å². The highest BCUT2D eigenvalue weighted by Gasteiger charge is 2.26. The summed E-state index contributed by atoms with van der Waals surface area (Å²) in [5.74, 6) is -0.276. The maximum absolute atomic E-state index is 12.2. The van der Waals surface area contributed by atoms with Crippen LogP contribution in [0.15, 0.2) is 17.2 Å². The van der Waals surface area contributed by atoms with Crippen molar-refractivity contribution in [3.63, 3.8) is 0 Å². The second-order valence-electron chi connectivity index (χ2n) is 5.84. The van der Waals surface area contributed by atoms with Crippen molar-refractivity contribution < 1.29 is 17.9 Å². The molecule has 0 unspecified atom stereocenters. The molecule has 0 saturated heterocycles. The molecule has 0 atom stereocenters. The molecule has 0 spiro atoms. The van der Waals surface area contributed by atoms with Crippen LogP contribution in [0.1, 0.15) is 56.1 Å². The van der Waals surface area contributed by atoms with E-state index in [0.29, 0.717) is 6.61 Å². The zero-order valence-corrected chi connectivity index (χ0v) is 13.8. The minimum atomic E-state index is -3.86. The topological polar surface area (TPSA) is 65.4 Å². The van der Waals surface area contributed by atoms with Crippen molar-refractivity contribution in [3.8, 4) is 0 Å². The highest BCUT2D eigenvalue weighted by atomic mass is 35.7. The molecule has 0 N–H and O–H groups in total. The fourth-order valence-electron chi connectivity index (χ4n) is 2.55. The summed E-state index contributed by atoms with van der Waals surface area (Å²) < 4.78 is 29.9. The Kier molecular flexibility index (Phi) is 4.99. The van der Waals surface area contributed by atoms with Gasteiger partial charge in [0, 0.05) is 22.9 Å². The van der Waals surface area contributed by atoms with Crippen molar-refractivity contribution in [3.05, 3.63) is 18.0 Å². The lowest BCUT2D eigenvalue weighted by atomic mass is 10.2. The summed E-state index contributed by atoms with van der Waals surface area (Å²) in [6.45, 7) is 4.19. The molecule has 1 aliphatic rings. The third-order valence-corrected chi connectivity index (χ3v) is 4.90. The molecule has 1 fully saturated rings. The van der Waals surface area contributed by atoms with Gasteiger partial charge in [-0.3, -0.25) is 0 Å². The fraction of sp³-hybridized carbons (Fsp3) is 0.643. The molecular formula is C14H20ClNO4S. The number of hydrogen-bond donors (Lipinski definition) is 0. The predicted octanol–water partition coefficient (Wildman–Crippen LogP) is 3.34. The molecule has 21 heavy (non-hydrogen) atoms. The summed E-state index contributed by atoms with van der Waals surface area (Å²) >= 11 is 0. The minimum Gasteiger partial charge on any atom is -0.461 e. The molecule has 1 aliphatic carbocycles. The van der Waals surface area contributed by atoms with E-state index in [2.05, 4.69) is 0 Å². The maximum atomic E-state index is 12.2. The van der Waals surface area contributed by atoms with Gasteiger partial charge in [-0.25, -0.2) is 13.2 Å². The molecular weight excluding hydrogens is 314 g/mol. The molecule has 1 aromatic heterocycles. The van der Waals surface area contributed by atoms with Crippen LogP contribution in [0.4, 0.5) is 0 Å². The number of esters is 1. The average molecular weight is 334 g/mol. The van der Waals surface area contributed by atoms with E-state index in [4.69, 9.17) is 15.4 Å². The van der Waals surface area contributed by atoms with Gasteiger partial charge in [-0.05, 0) is 24.8 Å². The summed E-state index contributed by atoms with van der Waals surface area (Å²) in [6.07, 6.45) is 5.46. The number of halogens is 1. The Morgan fingerprint density at radius 2 is 2.05 bits per heavy atom. The molecule has 1 heterocycles. The van der Waals surface area contributed by atoms with Crippen LogP contribution in [-0.2, 0) is 13.8 Å². The zero-order chi connectivity index (χ0) is 15.6. The monoisotopic (exact) mass is 333 g/mol. The van der Waals surface area contributed by atoms with Crippen LogP contribution < -0.4 is 0 Å². The van der Waals surface area contributed by atoms with E-state index < -0.39 is 15.0 Å². The van der Waals surface area contributed by atoms with Crippen molar-refractivity contribution >= 4 is 25.7 Å². The number of hydrogen-bond acceptors (Lipinski definition) is 4. The summed E-state index contributed by atoms with van der Waals surface area (Å²) in [5, 5.41) is 0. The first-order chi connectivity index (χ1) is 9.79. The molecule has 0 bridgehead atoms. The molecule has 5 nitrogen and oxygen atoms in total. The van der Waals surface area contributed by atoms with Gasteiger partial charge < -0.3 is 9.30 Å². The first kappa shape index (κ1) is 16.4. The third-order valence-electron chi connectivity index (χ3n) is 3.58. The zero-order valence-electron chi connectivity index (χ0n) is 12.2. The van der Waals surface area contributed by atoms with Crippen molar-refractivity contribution in [2.24, 2.45) is 5.92 Å². The van der Waals surface area contributed by atoms with Gasteiger partial charge in [0.05, 0.1) is 6.61 Å². The van der Waals surface area contributed by atoms with Gasteiger partial charge in [0.25, 0.3) is 9.05 Å². The molecule has 0 radical (unpaired) electrons. The summed E-state index contributed by atoms with van der Waals surface area (Å²) in [6, 6.07) is 1.45. The number of carbonyl (C=O) groups excluding carboxylic acids is 1. The Balaban J connectivity index is 2.32. The number of rotatable bonds is 5. The van der Waals surface area contributed by atoms with Gasteiger partial charge >= 0.3 is 5.97 Å². The summed E-state index contributed by atoms with van der Waals surface area (Å²) in [4.78, 5) is 12.1. The predicted molar refractivity (Wildman–Crippen MR) is 80.1 cm³/mol. The van der Waals surface area contributed by atoms with Gasteiger partial charge in [-0.2, -0.15) is 0 Å². The Morgan fingerprint density at radius 1 is 1.43 bits per heavy atom.